The standard InChI is InChI=1S/C14H19BrN2O/c1-9-4-5-12(6-13(9)15)14(18)17-7-10(2)16-11(3)8-17/h4-6,10-11,16H,7-8H2,1-3H3. The Kier molecular flexibility index (Phi) is 4.07. The molecule has 2 rings (SSSR count). The van der Waals surface area contributed by atoms with Gasteiger partial charge in [0.25, 0.3) is 5.91 Å². The van der Waals surface area contributed by atoms with Gasteiger partial charge in [0.2, 0.25) is 0 Å². The van der Waals surface area contributed by atoms with Crippen LogP contribution in [-0.2, 0) is 0 Å². The van der Waals surface area contributed by atoms with Crippen LogP contribution in [0.4, 0.5) is 0 Å². The van der Waals surface area contributed by atoms with E-state index in [9.17, 15) is 4.79 Å². The number of hydrogen-bond donors (Lipinski definition) is 1. The summed E-state index contributed by atoms with van der Waals surface area (Å²) in [6, 6.07) is 6.50. The molecule has 3 nitrogen and oxygen atoms in total. The van der Waals surface area contributed by atoms with Gasteiger partial charge < -0.3 is 10.2 Å². The number of carbonyl (C=O) groups is 1. The molecule has 1 aliphatic heterocycles. The van der Waals surface area contributed by atoms with E-state index in [1.54, 1.807) is 0 Å². The minimum absolute atomic E-state index is 0.121. The lowest BCUT2D eigenvalue weighted by Crippen LogP contribution is -2.55. The first-order chi connectivity index (χ1) is 8.47. The molecule has 18 heavy (non-hydrogen) atoms. The topological polar surface area (TPSA) is 32.3 Å². The van der Waals surface area contributed by atoms with Gasteiger partial charge in [0, 0.05) is 35.2 Å². The van der Waals surface area contributed by atoms with Gasteiger partial charge in [-0.25, -0.2) is 0 Å². The summed E-state index contributed by atoms with van der Waals surface area (Å²) in [4.78, 5) is 14.4. The van der Waals surface area contributed by atoms with Gasteiger partial charge in [-0.15, -0.1) is 0 Å². The van der Waals surface area contributed by atoms with E-state index in [2.05, 4.69) is 35.1 Å². The van der Waals surface area contributed by atoms with Gasteiger partial charge in [0.15, 0.2) is 0 Å². The van der Waals surface area contributed by atoms with Crippen LogP contribution in [0.3, 0.4) is 0 Å². The Morgan fingerprint density at radius 2 is 1.94 bits per heavy atom. The maximum atomic E-state index is 12.4. The third kappa shape index (κ3) is 2.93. The van der Waals surface area contributed by atoms with Crippen molar-refractivity contribution in [1.82, 2.24) is 10.2 Å². The zero-order chi connectivity index (χ0) is 13.3. The summed E-state index contributed by atoms with van der Waals surface area (Å²) >= 11 is 3.48. The Labute approximate surface area is 117 Å². The van der Waals surface area contributed by atoms with Crippen LogP contribution in [0.2, 0.25) is 0 Å². The molecule has 0 bridgehead atoms. The van der Waals surface area contributed by atoms with Crippen LogP contribution in [0.5, 0.6) is 0 Å². The Bertz CT molecular complexity index is 451. The van der Waals surface area contributed by atoms with Gasteiger partial charge in [-0.05, 0) is 38.5 Å². The summed E-state index contributed by atoms with van der Waals surface area (Å²) in [7, 11) is 0. The summed E-state index contributed by atoms with van der Waals surface area (Å²) in [6.07, 6.45) is 0. The van der Waals surface area contributed by atoms with Crippen molar-refractivity contribution in [3.05, 3.63) is 33.8 Å². The molecule has 1 amide bonds. The lowest BCUT2D eigenvalue weighted by molar-refractivity contribution is 0.0673. The van der Waals surface area contributed by atoms with Gasteiger partial charge in [0.05, 0.1) is 0 Å². The van der Waals surface area contributed by atoms with Crippen LogP contribution in [0, 0.1) is 6.92 Å². The van der Waals surface area contributed by atoms with Gasteiger partial charge in [-0.2, -0.15) is 0 Å². The fourth-order valence-electron chi connectivity index (χ4n) is 2.40. The summed E-state index contributed by atoms with van der Waals surface area (Å²) < 4.78 is 0.990. The summed E-state index contributed by atoms with van der Waals surface area (Å²) in [6.45, 7) is 7.79. The summed E-state index contributed by atoms with van der Waals surface area (Å²) in [5, 5.41) is 3.43. The predicted molar refractivity (Wildman–Crippen MR) is 76.8 cm³/mol. The quantitative estimate of drug-likeness (QED) is 0.864. The molecule has 0 aromatic heterocycles. The van der Waals surface area contributed by atoms with Gasteiger partial charge >= 0.3 is 0 Å². The number of piperazine rings is 1. The molecule has 0 aliphatic carbocycles. The van der Waals surface area contributed by atoms with Crippen molar-refractivity contribution in [3.8, 4) is 0 Å². The van der Waals surface area contributed by atoms with E-state index in [0.717, 1.165) is 28.7 Å². The number of aryl methyl sites for hydroxylation is 1. The molecule has 1 aliphatic rings. The fraction of sp³-hybridized carbons (Fsp3) is 0.500. The summed E-state index contributed by atoms with van der Waals surface area (Å²) in [5.74, 6) is 0.121. The van der Waals surface area contributed by atoms with E-state index in [-0.39, 0.29) is 5.91 Å². The second-order valence-electron chi connectivity index (χ2n) is 5.14. The highest BCUT2D eigenvalue weighted by atomic mass is 79.9. The smallest absolute Gasteiger partial charge is 0.253 e. The molecule has 98 valence electrons. The zero-order valence-corrected chi connectivity index (χ0v) is 12.6. The molecule has 1 N–H and O–H groups in total. The fourth-order valence-corrected chi connectivity index (χ4v) is 2.78. The molecule has 1 fully saturated rings. The highest BCUT2D eigenvalue weighted by Gasteiger charge is 2.25. The van der Waals surface area contributed by atoms with Crippen molar-refractivity contribution in [2.45, 2.75) is 32.9 Å². The molecule has 1 heterocycles. The average Bonchev–Trinajstić information content (AvgIpc) is 2.30. The van der Waals surface area contributed by atoms with Crippen molar-refractivity contribution in [3.63, 3.8) is 0 Å². The number of halogens is 1. The average molecular weight is 311 g/mol. The normalized spacial score (nSPS) is 24.1. The van der Waals surface area contributed by atoms with Gasteiger partial charge in [-0.1, -0.05) is 22.0 Å². The molecule has 0 radical (unpaired) electrons. The van der Waals surface area contributed by atoms with Crippen LogP contribution in [0.25, 0.3) is 0 Å². The van der Waals surface area contributed by atoms with Crippen LogP contribution in [0.1, 0.15) is 29.8 Å². The van der Waals surface area contributed by atoms with Crippen molar-refractivity contribution < 1.29 is 4.79 Å². The van der Waals surface area contributed by atoms with E-state index in [1.807, 2.05) is 30.0 Å². The van der Waals surface area contributed by atoms with E-state index in [0.29, 0.717) is 12.1 Å². The van der Waals surface area contributed by atoms with Crippen molar-refractivity contribution in [2.75, 3.05) is 13.1 Å². The zero-order valence-electron chi connectivity index (χ0n) is 11.0. The lowest BCUT2D eigenvalue weighted by atomic mass is 10.1. The molecule has 4 heteroatoms. The minimum atomic E-state index is 0.121. The summed E-state index contributed by atoms with van der Waals surface area (Å²) in [5.41, 5.74) is 1.90. The molecule has 1 aromatic carbocycles. The molecular weight excluding hydrogens is 292 g/mol. The van der Waals surface area contributed by atoms with Gasteiger partial charge in [0.1, 0.15) is 0 Å². The van der Waals surface area contributed by atoms with E-state index in [4.69, 9.17) is 0 Å². The Hall–Kier alpha value is -0.870. The van der Waals surface area contributed by atoms with Crippen LogP contribution >= 0.6 is 15.9 Å². The van der Waals surface area contributed by atoms with E-state index >= 15 is 0 Å². The molecule has 1 aromatic rings. The maximum Gasteiger partial charge on any atom is 0.253 e. The predicted octanol–water partition coefficient (Wildman–Crippen LogP) is 2.58. The first-order valence-electron chi connectivity index (χ1n) is 6.29. The number of carbonyl (C=O) groups excluding carboxylic acids is 1. The molecular formula is C14H19BrN2O. The van der Waals surface area contributed by atoms with Crippen molar-refractivity contribution >= 4 is 21.8 Å². The largest absolute Gasteiger partial charge is 0.336 e. The maximum absolute atomic E-state index is 12.4. The second kappa shape index (κ2) is 5.41. The molecule has 0 spiro atoms. The third-order valence-electron chi connectivity index (χ3n) is 3.26. The molecule has 1 saturated heterocycles. The van der Waals surface area contributed by atoms with Crippen LogP contribution < -0.4 is 5.32 Å². The Morgan fingerprint density at radius 3 is 2.50 bits per heavy atom. The highest BCUT2D eigenvalue weighted by Crippen LogP contribution is 2.19. The number of nitrogens with one attached hydrogen (secondary N) is 1. The first kappa shape index (κ1) is 13.6. The highest BCUT2D eigenvalue weighted by molar-refractivity contribution is 9.10. The SMILES string of the molecule is Cc1ccc(C(=O)N2CC(C)NC(C)C2)cc1Br. The Balaban J connectivity index is 2.17. The third-order valence-corrected chi connectivity index (χ3v) is 4.12. The molecule has 2 unspecified atom stereocenters. The van der Waals surface area contributed by atoms with Crippen molar-refractivity contribution in [1.29, 1.82) is 0 Å². The number of benzene rings is 1. The molecule has 2 atom stereocenters. The van der Waals surface area contributed by atoms with Crippen LogP contribution in [0.15, 0.2) is 22.7 Å². The van der Waals surface area contributed by atoms with Crippen LogP contribution in [-0.4, -0.2) is 36.0 Å². The molecule has 0 saturated carbocycles. The Morgan fingerprint density at radius 1 is 1.33 bits per heavy atom. The number of amides is 1. The van der Waals surface area contributed by atoms with Gasteiger partial charge in [-0.3, -0.25) is 4.79 Å². The number of hydrogen-bond acceptors (Lipinski definition) is 2. The number of rotatable bonds is 1. The minimum Gasteiger partial charge on any atom is -0.336 e. The monoisotopic (exact) mass is 310 g/mol. The first-order valence-corrected chi connectivity index (χ1v) is 7.08. The van der Waals surface area contributed by atoms with E-state index in [1.165, 1.54) is 0 Å². The lowest BCUT2D eigenvalue weighted by Gasteiger charge is -2.36. The second-order valence-corrected chi connectivity index (χ2v) is 6.00. The van der Waals surface area contributed by atoms with Crippen molar-refractivity contribution in [2.24, 2.45) is 0 Å². The number of nitrogens with zero attached hydrogens (tertiary/aromatic N) is 1. The van der Waals surface area contributed by atoms with E-state index < -0.39 is 0 Å².